The van der Waals surface area contributed by atoms with Gasteiger partial charge in [0.25, 0.3) is 5.91 Å². The average Bonchev–Trinajstić information content (AvgIpc) is 2.23. The molecule has 1 N–H and O–H groups in total. The van der Waals surface area contributed by atoms with Gasteiger partial charge >= 0.3 is 0 Å². The summed E-state index contributed by atoms with van der Waals surface area (Å²) >= 11 is 0. The molecule has 1 heterocycles. The van der Waals surface area contributed by atoms with E-state index in [2.05, 4.69) is 4.98 Å². The van der Waals surface area contributed by atoms with E-state index in [-0.39, 0.29) is 5.91 Å². The van der Waals surface area contributed by atoms with Crippen LogP contribution in [0.2, 0.25) is 0 Å². The molecular weight excluding hydrogens is 216 g/mol. The van der Waals surface area contributed by atoms with Gasteiger partial charge in [-0.05, 0) is 39.3 Å². The van der Waals surface area contributed by atoms with Gasteiger partial charge in [-0.3, -0.25) is 9.78 Å². The van der Waals surface area contributed by atoms with Crippen LogP contribution in [-0.4, -0.2) is 39.6 Å². The maximum atomic E-state index is 12.2. The summed E-state index contributed by atoms with van der Waals surface area (Å²) in [7, 11) is 0. The lowest BCUT2D eigenvalue weighted by atomic mass is 10.1. The van der Waals surface area contributed by atoms with E-state index in [0.717, 1.165) is 5.56 Å². The van der Waals surface area contributed by atoms with Crippen LogP contribution in [0.3, 0.4) is 0 Å². The number of pyridine rings is 1. The van der Waals surface area contributed by atoms with Crippen LogP contribution in [-0.2, 0) is 0 Å². The molecule has 1 aromatic heterocycles. The number of hydrogen-bond acceptors (Lipinski definition) is 3. The first-order chi connectivity index (χ1) is 7.83. The van der Waals surface area contributed by atoms with Crippen molar-refractivity contribution in [3.63, 3.8) is 0 Å². The fourth-order valence-electron chi connectivity index (χ4n) is 1.65. The molecule has 1 amide bonds. The molecule has 0 unspecified atom stereocenters. The Morgan fingerprint density at radius 1 is 1.47 bits per heavy atom. The summed E-state index contributed by atoms with van der Waals surface area (Å²) < 4.78 is 0. The standard InChI is InChI=1S/C13H20N2O2/c1-5-15(9-13(3,4)17)12(16)11-6-10(2)7-14-8-11/h6-8,17H,5,9H2,1-4H3. The summed E-state index contributed by atoms with van der Waals surface area (Å²) in [5, 5.41) is 9.76. The van der Waals surface area contributed by atoms with E-state index in [1.807, 2.05) is 19.9 Å². The zero-order valence-corrected chi connectivity index (χ0v) is 10.9. The average molecular weight is 236 g/mol. The zero-order chi connectivity index (χ0) is 13.1. The Hall–Kier alpha value is -1.42. The molecule has 17 heavy (non-hydrogen) atoms. The number of carbonyl (C=O) groups is 1. The summed E-state index contributed by atoms with van der Waals surface area (Å²) in [5.41, 5.74) is 0.634. The van der Waals surface area contributed by atoms with Gasteiger partial charge in [-0.15, -0.1) is 0 Å². The Kier molecular flexibility index (Phi) is 4.23. The highest BCUT2D eigenvalue weighted by Crippen LogP contribution is 2.10. The van der Waals surface area contributed by atoms with E-state index in [1.54, 1.807) is 31.1 Å². The third kappa shape index (κ3) is 4.15. The van der Waals surface area contributed by atoms with Crippen LogP contribution in [0.25, 0.3) is 0 Å². The van der Waals surface area contributed by atoms with E-state index in [1.165, 1.54) is 0 Å². The molecular formula is C13H20N2O2. The number of nitrogens with zero attached hydrogens (tertiary/aromatic N) is 2. The van der Waals surface area contributed by atoms with Crippen LogP contribution in [0, 0.1) is 6.92 Å². The minimum Gasteiger partial charge on any atom is -0.389 e. The smallest absolute Gasteiger partial charge is 0.255 e. The van der Waals surface area contributed by atoms with Gasteiger partial charge in [0.05, 0.1) is 11.2 Å². The highest BCUT2D eigenvalue weighted by molar-refractivity contribution is 5.94. The number of carbonyl (C=O) groups excluding carboxylic acids is 1. The van der Waals surface area contributed by atoms with E-state index < -0.39 is 5.60 Å². The van der Waals surface area contributed by atoms with Crippen molar-refractivity contribution in [3.05, 3.63) is 29.6 Å². The SMILES string of the molecule is CCN(CC(C)(C)O)C(=O)c1cncc(C)c1. The van der Waals surface area contributed by atoms with Crippen molar-refractivity contribution in [2.24, 2.45) is 0 Å². The number of aliphatic hydroxyl groups is 1. The lowest BCUT2D eigenvalue weighted by molar-refractivity contribution is 0.0314. The van der Waals surface area contributed by atoms with Gasteiger partial charge in [0.1, 0.15) is 0 Å². The third-order valence-corrected chi connectivity index (χ3v) is 2.37. The van der Waals surface area contributed by atoms with Gasteiger partial charge in [0.15, 0.2) is 0 Å². The summed E-state index contributed by atoms with van der Waals surface area (Å²) in [4.78, 5) is 17.8. The Labute approximate surface area is 102 Å². The number of rotatable bonds is 4. The van der Waals surface area contributed by atoms with Gasteiger partial charge in [-0.25, -0.2) is 0 Å². The summed E-state index contributed by atoms with van der Waals surface area (Å²) in [5.74, 6) is -0.0918. The molecule has 0 saturated heterocycles. The van der Waals surface area contributed by atoms with Crippen LogP contribution in [0.15, 0.2) is 18.5 Å². The Morgan fingerprint density at radius 3 is 2.59 bits per heavy atom. The Balaban J connectivity index is 2.87. The maximum Gasteiger partial charge on any atom is 0.255 e. The highest BCUT2D eigenvalue weighted by atomic mass is 16.3. The quantitative estimate of drug-likeness (QED) is 0.864. The van der Waals surface area contributed by atoms with Crippen LogP contribution >= 0.6 is 0 Å². The second-order valence-electron chi connectivity index (χ2n) is 4.88. The molecule has 0 bridgehead atoms. The lowest BCUT2D eigenvalue weighted by Crippen LogP contribution is -2.42. The van der Waals surface area contributed by atoms with Gasteiger partial charge in [-0.1, -0.05) is 0 Å². The van der Waals surface area contributed by atoms with Crippen molar-refractivity contribution in [3.8, 4) is 0 Å². The summed E-state index contributed by atoms with van der Waals surface area (Å²) in [6.45, 7) is 8.06. The topological polar surface area (TPSA) is 53.4 Å². The van der Waals surface area contributed by atoms with Crippen LogP contribution in [0.4, 0.5) is 0 Å². The van der Waals surface area contributed by atoms with Crippen molar-refractivity contribution in [1.82, 2.24) is 9.88 Å². The highest BCUT2D eigenvalue weighted by Gasteiger charge is 2.22. The third-order valence-electron chi connectivity index (χ3n) is 2.37. The largest absolute Gasteiger partial charge is 0.389 e. The van der Waals surface area contributed by atoms with Gasteiger partial charge in [0, 0.05) is 25.5 Å². The van der Waals surface area contributed by atoms with Gasteiger partial charge < -0.3 is 10.0 Å². The minimum absolute atomic E-state index is 0.0918. The fraction of sp³-hybridized carbons (Fsp3) is 0.538. The van der Waals surface area contributed by atoms with Crippen molar-refractivity contribution in [1.29, 1.82) is 0 Å². The van der Waals surface area contributed by atoms with Gasteiger partial charge in [-0.2, -0.15) is 0 Å². The molecule has 1 aromatic rings. The first-order valence-corrected chi connectivity index (χ1v) is 5.77. The Morgan fingerprint density at radius 2 is 2.12 bits per heavy atom. The number of aryl methyl sites for hydroxylation is 1. The summed E-state index contributed by atoms with van der Waals surface area (Å²) in [6, 6.07) is 1.81. The zero-order valence-electron chi connectivity index (χ0n) is 10.9. The normalized spacial score (nSPS) is 11.4. The molecule has 0 atom stereocenters. The predicted octanol–water partition coefficient (Wildman–Crippen LogP) is 1.62. The van der Waals surface area contributed by atoms with E-state index in [0.29, 0.717) is 18.7 Å². The molecule has 0 aromatic carbocycles. The van der Waals surface area contributed by atoms with Crippen molar-refractivity contribution >= 4 is 5.91 Å². The van der Waals surface area contributed by atoms with Crippen molar-refractivity contribution in [2.45, 2.75) is 33.3 Å². The molecule has 0 aliphatic heterocycles. The molecule has 0 fully saturated rings. The van der Waals surface area contributed by atoms with Crippen LogP contribution < -0.4 is 0 Å². The number of aromatic nitrogens is 1. The molecule has 0 radical (unpaired) electrons. The number of amides is 1. The maximum absolute atomic E-state index is 12.2. The fourth-order valence-corrected chi connectivity index (χ4v) is 1.65. The molecule has 94 valence electrons. The van der Waals surface area contributed by atoms with E-state index in [9.17, 15) is 9.90 Å². The molecule has 4 nitrogen and oxygen atoms in total. The molecule has 0 saturated carbocycles. The van der Waals surface area contributed by atoms with Crippen LogP contribution in [0.5, 0.6) is 0 Å². The predicted molar refractivity (Wildman–Crippen MR) is 66.8 cm³/mol. The molecule has 0 spiro atoms. The molecule has 0 aliphatic rings. The number of likely N-dealkylation sites (N-methyl/N-ethyl adjacent to an activating group) is 1. The second-order valence-corrected chi connectivity index (χ2v) is 4.88. The first kappa shape index (κ1) is 13.6. The molecule has 4 heteroatoms. The van der Waals surface area contributed by atoms with E-state index >= 15 is 0 Å². The lowest BCUT2D eigenvalue weighted by Gasteiger charge is -2.28. The summed E-state index contributed by atoms with van der Waals surface area (Å²) in [6.07, 6.45) is 3.27. The Bertz CT molecular complexity index is 397. The van der Waals surface area contributed by atoms with Crippen molar-refractivity contribution < 1.29 is 9.90 Å². The van der Waals surface area contributed by atoms with Crippen LogP contribution in [0.1, 0.15) is 36.7 Å². The second kappa shape index (κ2) is 5.27. The molecule has 0 aliphatic carbocycles. The minimum atomic E-state index is -0.886. The van der Waals surface area contributed by atoms with E-state index in [4.69, 9.17) is 0 Å². The number of hydrogen-bond donors (Lipinski definition) is 1. The first-order valence-electron chi connectivity index (χ1n) is 5.77. The van der Waals surface area contributed by atoms with Crippen molar-refractivity contribution in [2.75, 3.05) is 13.1 Å². The monoisotopic (exact) mass is 236 g/mol. The molecule has 1 rings (SSSR count). The van der Waals surface area contributed by atoms with Gasteiger partial charge in [0.2, 0.25) is 0 Å².